The van der Waals surface area contributed by atoms with Crippen LogP contribution in [-0.2, 0) is 0 Å². The molecule has 1 aromatic heterocycles. The lowest BCUT2D eigenvalue weighted by Crippen LogP contribution is -2.55. The zero-order chi connectivity index (χ0) is 13.1. The van der Waals surface area contributed by atoms with Crippen molar-refractivity contribution in [1.82, 2.24) is 14.8 Å². The van der Waals surface area contributed by atoms with E-state index >= 15 is 0 Å². The zero-order valence-electron chi connectivity index (χ0n) is 11.0. The summed E-state index contributed by atoms with van der Waals surface area (Å²) in [6.45, 7) is 5.64. The molecule has 1 aliphatic rings. The third-order valence-corrected chi connectivity index (χ3v) is 3.71. The summed E-state index contributed by atoms with van der Waals surface area (Å²) in [6, 6.07) is 2.03. The number of hydrogen-bond donors (Lipinski definition) is 1. The Bertz CT molecular complexity index is 398. The first-order chi connectivity index (χ1) is 8.61. The van der Waals surface area contributed by atoms with Gasteiger partial charge in [-0.05, 0) is 25.6 Å². The molecule has 100 valence electrons. The van der Waals surface area contributed by atoms with Crippen LogP contribution in [-0.4, -0.2) is 54.1 Å². The molecule has 0 saturated carbocycles. The van der Waals surface area contributed by atoms with Crippen LogP contribution in [0.2, 0.25) is 0 Å². The van der Waals surface area contributed by atoms with Crippen LogP contribution in [0, 0.1) is 5.82 Å². The van der Waals surface area contributed by atoms with E-state index in [1.807, 2.05) is 0 Å². The highest BCUT2D eigenvalue weighted by molar-refractivity contribution is 5.15. The van der Waals surface area contributed by atoms with Crippen LogP contribution < -0.4 is 5.73 Å². The van der Waals surface area contributed by atoms with Gasteiger partial charge < -0.3 is 10.6 Å². The Morgan fingerprint density at radius 3 is 2.94 bits per heavy atom. The normalized spacial score (nSPS) is 24.1. The minimum absolute atomic E-state index is 0.149. The second-order valence-electron chi connectivity index (χ2n) is 5.00. The lowest BCUT2D eigenvalue weighted by Gasteiger charge is -2.42. The number of likely N-dealkylation sites (N-methyl/N-ethyl adjacent to an activating group) is 1. The number of nitrogens with two attached hydrogens (primary N) is 1. The summed E-state index contributed by atoms with van der Waals surface area (Å²) < 4.78 is 13.2. The first-order valence-electron chi connectivity index (χ1n) is 6.36. The van der Waals surface area contributed by atoms with Crippen LogP contribution in [0.4, 0.5) is 4.39 Å². The van der Waals surface area contributed by atoms with Gasteiger partial charge in [-0.2, -0.15) is 0 Å². The minimum Gasteiger partial charge on any atom is -0.329 e. The molecule has 5 heteroatoms. The Kier molecular flexibility index (Phi) is 4.27. The van der Waals surface area contributed by atoms with Gasteiger partial charge in [-0.15, -0.1) is 0 Å². The minimum atomic E-state index is -0.280. The average Bonchev–Trinajstić information content (AvgIpc) is 2.37. The molecule has 2 unspecified atom stereocenters. The summed E-state index contributed by atoms with van der Waals surface area (Å²) in [5.74, 6) is -0.280. The Balaban J connectivity index is 2.14. The summed E-state index contributed by atoms with van der Waals surface area (Å²) in [5.41, 5.74) is 6.76. The highest BCUT2D eigenvalue weighted by atomic mass is 19.1. The summed E-state index contributed by atoms with van der Waals surface area (Å²) in [7, 11) is 2.11. The molecule has 0 amide bonds. The monoisotopic (exact) mass is 252 g/mol. The zero-order valence-corrected chi connectivity index (χ0v) is 11.0. The molecule has 0 spiro atoms. The lowest BCUT2D eigenvalue weighted by molar-refractivity contribution is 0.0619. The van der Waals surface area contributed by atoms with Crippen molar-refractivity contribution in [3.8, 4) is 0 Å². The molecule has 4 nitrogen and oxygen atoms in total. The van der Waals surface area contributed by atoms with Gasteiger partial charge in [0.2, 0.25) is 0 Å². The first-order valence-corrected chi connectivity index (χ1v) is 6.36. The van der Waals surface area contributed by atoms with E-state index in [0.717, 1.165) is 25.2 Å². The van der Waals surface area contributed by atoms with Crippen molar-refractivity contribution < 1.29 is 4.39 Å². The van der Waals surface area contributed by atoms with Crippen LogP contribution >= 0.6 is 0 Å². The van der Waals surface area contributed by atoms with E-state index in [1.54, 1.807) is 12.3 Å². The number of pyridine rings is 1. The van der Waals surface area contributed by atoms with E-state index in [2.05, 4.69) is 28.8 Å². The second kappa shape index (κ2) is 5.73. The highest BCUT2D eigenvalue weighted by Crippen LogP contribution is 2.24. The topological polar surface area (TPSA) is 45.4 Å². The molecule has 2 atom stereocenters. The summed E-state index contributed by atoms with van der Waals surface area (Å²) in [6.07, 6.45) is 2.97. The van der Waals surface area contributed by atoms with E-state index in [4.69, 9.17) is 5.73 Å². The van der Waals surface area contributed by atoms with E-state index < -0.39 is 0 Å². The van der Waals surface area contributed by atoms with Crippen molar-refractivity contribution in [3.05, 3.63) is 29.8 Å². The Morgan fingerprint density at radius 2 is 2.28 bits per heavy atom. The first kappa shape index (κ1) is 13.4. The van der Waals surface area contributed by atoms with E-state index in [0.29, 0.717) is 12.6 Å². The van der Waals surface area contributed by atoms with E-state index in [-0.39, 0.29) is 11.9 Å². The van der Waals surface area contributed by atoms with Gasteiger partial charge in [0, 0.05) is 44.5 Å². The lowest BCUT2D eigenvalue weighted by atomic mass is 10.0. The number of piperazine rings is 1. The quantitative estimate of drug-likeness (QED) is 0.866. The van der Waals surface area contributed by atoms with Gasteiger partial charge in [-0.3, -0.25) is 9.88 Å². The average molecular weight is 252 g/mol. The summed E-state index contributed by atoms with van der Waals surface area (Å²) in [5, 5.41) is 0. The molecule has 2 rings (SSSR count). The van der Waals surface area contributed by atoms with Crippen molar-refractivity contribution in [2.75, 3.05) is 33.2 Å². The van der Waals surface area contributed by atoms with Crippen molar-refractivity contribution in [3.63, 3.8) is 0 Å². The largest absolute Gasteiger partial charge is 0.329 e. The fraction of sp³-hybridized carbons (Fsp3) is 0.615. The SMILES string of the molecule is CC(c1cncc(F)c1)N1CCN(C)CC1CN. The third kappa shape index (κ3) is 2.85. The molecule has 18 heavy (non-hydrogen) atoms. The van der Waals surface area contributed by atoms with Crippen LogP contribution in [0.15, 0.2) is 18.5 Å². The number of nitrogens with zero attached hydrogens (tertiary/aromatic N) is 3. The molecule has 0 aliphatic carbocycles. The molecule has 0 radical (unpaired) electrons. The molecular formula is C13H21FN4. The van der Waals surface area contributed by atoms with Crippen molar-refractivity contribution in [2.45, 2.75) is 19.0 Å². The second-order valence-corrected chi connectivity index (χ2v) is 5.00. The van der Waals surface area contributed by atoms with Gasteiger partial charge in [0.15, 0.2) is 0 Å². The van der Waals surface area contributed by atoms with Crippen molar-refractivity contribution in [2.24, 2.45) is 5.73 Å². The smallest absolute Gasteiger partial charge is 0.141 e. The molecular weight excluding hydrogens is 231 g/mol. The van der Waals surface area contributed by atoms with Gasteiger partial charge in [0.1, 0.15) is 5.82 Å². The number of aromatic nitrogens is 1. The van der Waals surface area contributed by atoms with Crippen LogP contribution in [0.25, 0.3) is 0 Å². The fourth-order valence-corrected chi connectivity index (χ4v) is 2.59. The predicted octanol–water partition coefficient (Wildman–Crippen LogP) is 0.856. The summed E-state index contributed by atoms with van der Waals surface area (Å²) in [4.78, 5) is 8.55. The van der Waals surface area contributed by atoms with E-state index in [1.165, 1.54) is 6.20 Å². The maximum absolute atomic E-state index is 13.2. The molecule has 0 bridgehead atoms. The molecule has 1 saturated heterocycles. The Morgan fingerprint density at radius 1 is 1.50 bits per heavy atom. The predicted molar refractivity (Wildman–Crippen MR) is 69.7 cm³/mol. The highest BCUT2D eigenvalue weighted by Gasteiger charge is 2.28. The maximum Gasteiger partial charge on any atom is 0.141 e. The Hall–Kier alpha value is -1.04. The molecule has 1 aliphatic heterocycles. The number of halogens is 1. The number of rotatable bonds is 3. The van der Waals surface area contributed by atoms with E-state index in [9.17, 15) is 4.39 Å². The Labute approximate surface area is 108 Å². The van der Waals surface area contributed by atoms with Gasteiger partial charge in [-0.25, -0.2) is 4.39 Å². The number of hydrogen-bond acceptors (Lipinski definition) is 4. The summed E-state index contributed by atoms with van der Waals surface area (Å²) >= 11 is 0. The van der Waals surface area contributed by atoms with Crippen molar-refractivity contribution >= 4 is 0 Å². The maximum atomic E-state index is 13.2. The standard InChI is InChI=1S/C13H21FN4/c1-10(11-5-12(14)8-16-7-11)18-4-3-17(2)9-13(18)6-15/h5,7-8,10,13H,3-4,6,9,15H2,1-2H3. The molecule has 2 N–H and O–H groups in total. The molecule has 1 fully saturated rings. The van der Waals surface area contributed by atoms with Gasteiger partial charge >= 0.3 is 0 Å². The van der Waals surface area contributed by atoms with Gasteiger partial charge in [0.05, 0.1) is 6.20 Å². The van der Waals surface area contributed by atoms with Crippen molar-refractivity contribution in [1.29, 1.82) is 0 Å². The van der Waals surface area contributed by atoms with Gasteiger partial charge in [-0.1, -0.05) is 0 Å². The van der Waals surface area contributed by atoms with Crippen LogP contribution in [0.3, 0.4) is 0 Å². The molecule has 2 heterocycles. The third-order valence-electron chi connectivity index (χ3n) is 3.71. The van der Waals surface area contributed by atoms with Crippen LogP contribution in [0.1, 0.15) is 18.5 Å². The molecule has 1 aromatic rings. The van der Waals surface area contributed by atoms with Crippen LogP contribution in [0.5, 0.6) is 0 Å². The van der Waals surface area contributed by atoms with Gasteiger partial charge in [0.25, 0.3) is 0 Å². The molecule has 0 aromatic carbocycles. The fourth-order valence-electron chi connectivity index (χ4n) is 2.59.